The van der Waals surface area contributed by atoms with Crippen LogP contribution in [0, 0.1) is 18.2 Å². The molecule has 2 aliphatic heterocycles. The second kappa shape index (κ2) is 9.24. The number of aromatic nitrogens is 2. The maximum atomic E-state index is 14.0. The van der Waals surface area contributed by atoms with E-state index in [-0.39, 0.29) is 17.3 Å². The van der Waals surface area contributed by atoms with Gasteiger partial charge in [0.2, 0.25) is 0 Å². The molecule has 3 aliphatic rings. The number of allylic oxidation sites excluding steroid dienone is 1. The van der Waals surface area contributed by atoms with Crippen LogP contribution in [-0.2, 0) is 4.74 Å². The fourth-order valence-electron chi connectivity index (χ4n) is 5.39. The normalized spacial score (nSPS) is 20.7. The zero-order valence-corrected chi connectivity index (χ0v) is 20.0. The molecule has 1 amide bonds. The molecule has 0 radical (unpaired) electrons. The van der Waals surface area contributed by atoms with E-state index < -0.39 is 0 Å². The third kappa shape index (κ3) is 4.58. The maximum Gasteiger partial charge on any atom is 0.409 e. The number of hydrogen-bond acceptors (Lipinski definition) is 6. The minimum absolute atomic E-state index is 0.184. The van der Waals surface area contributed by atoms with Gasteiger partial charge >= 0.3 is 6.09 Å². The maximum absolute atomic E-state index is 14.0. The lowest BCUT2D eigenvalue weighted by Crippen LogP contribution is -2.57. The Hall–Kier alpha value is -3.16. The smallest absolute Gasteiger partial charge is 0.409 e. The molecule has 1 spiro atoms. The van der Waals surface area contributed by atoms with Crippen LogP contribution in [0.2, 0.25) is 0 Å². The molecule has 8 heteroatoms. The van der Waals surface area contributed by atoms with Crippen molar-refractivity contribution in [1.82, 2.24) is 19.8 Å². The molecular formula is C26H32FN5O2. The number of carbonyl (C=O) groups is 1. The van der Waals surface area contributed by atoms with Gasteiger partial charge in [-0.25, -0.2) is 14.2 Å². The van der Waals surface area contributed by atoms with E-state index in [9.17, 15) is 9.18 Å². The number of likely N-dealkylation sites (tertiary alicyclic amines) is 1. The van der Waals surface area contributed by atoms with Crippen molar-refractivity contribution in [2.24, 2.45) is 5.41 Å². The number of nitrogens with zero attached hydrogens (tertiary/aromatic N) is 5. The minimum Gasteiger partial charge on any atom is -0.450 e. The van der Waals surface area contributed by atoms with Gasteiger partial charge in [-0.3, -0.25) is 4.98 Å². The summed E-state index contributed by atoms with van der Waals surface area (Å²) >= 11 is 0. The summed E-state index contributed by atoms with van der Waals surface area (Å²) in [5.41, 5.74) is 4.27. The number of aryl methyl sites for hydroxylation is 1. The van der Waals surface area contributed by atoms with E-state index >= 15 is 0 Å². The van der Waals surface area contributed by atoms with Gasteiger partial charge in [-0.2, -0.15) is 0 Å². The van der Waals surface area contributed by atoms with Gasteiger partial charge in [0.25, 0.3) is 0 Å². The molecule has 0 atom stereocenters. The quantitative estimate of drug-likeness (QED) is 0.673. The van der Waals surface area contributed by atoms with Gasteiger partial charge in [0, 0.05) is 56.4 Å². The summed E-state index contributed by atoms with van der Waals surface area (Å²) in [6.07, 6.45) is 8.54. The molecule has 0 unspecified atom stereocenters. The molecule has 0 bridgehead atoms. The number of carbonyl (C=O) groups excluding carboxylic acids is 1. The number of ether oxygens (including phenoxy) is 1. The van der Waals surface area contributed by atoms with Crippen LogP contribution in [0.5, 0.6) is 0 Å². The average Bonchev–Trinajstić information content (AvgIpc) is 3.24. The summed E-state index contributed by atoms with van der Waals surface area (Å²) in [6.45, 7) is 9.31. The second-order valence-electron chi connectivity index (χ2n) is 9.79. The van der Waals surface area contributed by atoms with E-state index in [1.165, 1.54) is 17.8 Å². The van der Waals surface area contributed by atoms with Crippen molar-refractivity contribution < 1.29 is 13.9 Å². The van der Waals surface area contributed by atoms with Crippen molar-refractivity contribution in [2.45, 2.75) is 33.1 Å². The highest BCUT2D eigenvalue weighted by atomic mass is 19.1. The zero-order chi connectivity index (χ0) is 23.7. The summed E-state index contributed by atoms with van der Waals surface area (Å²) in [5, 5.41) is 0. The fourth-order valence-corrected chi connectivity index (χ4v) is 5.39. The summed E-state index contributed by atoms with van der Waals surface area (Å²) < 4.78 is 19.1. The van der Waals surface area contributed by atoms with Crippen molar-refractivity contribution in [3.8, 4) is 11.3 Å². The Balaban J connectivity index is 1.20. The van der Waals surface area contributed by atoms with E-state index in [2.05, 4.69) is 26.0 Å². The number of pyridine rings is 2. The van der Waals surface area contributed by atoms with Crippen LogP contribution in [0.1, 0.15) is 31.7 Å². The molecule has 7 nitrogen and oxygen atoms in total. The Labute approximate surface area is 200 Å². The summed E-state index contributed by atoms with van der Waals surface area (Å²) in [7, 11) is 0. The first-order valence-corrected chi connectivity index (χ1v) is 12.1. The molecule has 0 aromatic carbocycles. The fraction of sp³-hybridized carbons (Fsp3) is 0.500. The highest BCUT2D eigenvalue weighted by molar-refractivity contribution is 5.73. The Morgan fingerprint density at radius 1 is 1.18 bits per heavy atom. The van der Waals surface area contributed by atoms with Crippen LogP contribution >= 0.6 is 0 Å². The van der Waals surface area contributed by atoms with Crippen LogP contribution in [0.15, 0.2) is 42.4 Å². The van der Waals surface area contributed by atoms with Gasteiger partial charge in [0.05, 0.1) is 18.5 Å². The van der Waals surface area contributed by atoms with Crippen molar-refractivity contribution in [2.75, 3.05) is 50.8 Å². The topological polar surface area (TPSA) is 61.8 Å². The number of halogens is 1. The highest BCUT2D eigenvalue weighted by Gasteiger charge is 2.48. The van der Waals surface area contributed by atoms with Crippen LogP contribution in [-0.4, -0.2) is 71.7 Å². The Bertz CT molecular complexity index is 1070. The molecule has 2 saturated heterocycles. The van der Waals surface area contributed by atoms with E-state index in [4.69, 9.17) is 4.74 Å². The van der Waals surface area contributed by atoms with Gasteiger partial charge in [-0.15, -0.1) is 0 Å². The summed E-state index contributed by atoms with van der Waals surface area (Å²) in [6, 6.07) is 5.45. The summed E-state index contributed by atoms with van der Waals surface area (Å²) in [4.78, 5) is 27.3. The van der Waals surface area contributed by atoms with Crippen LogP contribution in [0.4, 0.5) is 15.0 Å². The molecule has 1 aliphatic carbocycles. The molecule has 4 heterocycles. The number of hydrogen-bond donors (Lipinski definition) is 0. The molecule has 2 aromatic rings. The predicted octanol–water partition coefficient (Wildman–Crippen LogP) is 4.24. The van der Waals surface area contributed by atoms with Crippen molar-refractivity contribution in [1.29, 1.82) is 0 Å². The highest BCUT2D eigenvalue weighted by Crippen LogP contribution is 2.48. The van der Waals surface area contributed by atoms with Crippen LogP contribution in [0.25, 0.3) is 11.3 Å². The predicted molar refractivity (Wildman–Crippen MR) is 129 cm³/mol. The lowest BCUT2D eigenvalue weighted by molar-refractivity contribution is 0.00356. The summed E-state index contributed by atoms with van der Waals surface area (Å²) in [5.74, 6) is 0.440. The first-order valence-electron chi connectivity index (χ1n) is 12.1. The Morgan fingerprint density at radius 3 is 2.68 bits per heavy atom. The zero-order valence-electron chi connectivity index (χ0n) is 20.0. The molecular weight excluding hydrogens is 433 g/mol. The van der Waals surface area contributed by atoms with Gasteiger partial charge in [-0.05, 0) is 57.0 Å². The Kier molecular flexibility index (Phi) is 6.15. The minimum atomic E-state index is -0.350. The third-order valence-electron chi connectivity index (χ3n) is 7.16. The van der Waals surface area contributed by atoms with Gasteiger partial charge in [0.1, 0.15) is 11.6 Å². The molecule has 3 fully saturated rings. The van der Waals surface area contributed by atoms with E-state index in [0.717, 1.165) is 81.2 Å². The van der Waals surface area contributed by atoms with Gasteiger partial charge < -0.3 is 19.4 Å². The molecule has 5 rings (SSSR count). The molecule has 1 saturated carbocycles. The molecule has 0 N–H and O–H groups in total. The lowest BCUT2D eigenvalue weighted by Gasteiger charge is -2.47. The first-order chi connectivity index (χ1) is 16.4. The number of rotatable bonds is 4. The van der Waals surface area contributed by atoms with E-state index in [0.29, 0.717) is 6.61 Å². The van der Waals surface area contributed by atoms with Crippen molar-refractivity contribution in [3.05, 3.63) is 53.7 Å². The van der Waals surface area contributed by atoms with Crippen LogP contribution < -0.4 is 4.90 Å². The molecule has 2 aromatic heterocycles. The Morgan fingerprint density at radius 2 is 1.97 bits per heavy atom. The van der Waals surface area contributed by atoms with Crippen molar-refractivity contribution >= 4 is 11.9 Å². The third-order valence-corrected chi connectivity index (χ3v) is 7.16. The molecule has 34 heavy (non-hydrogen) atoms. The molecule has 180 valence electrons. The van der Waals surface area contributed by atoms with Gasteiger partial charge in [0.15, 0.2) is 0 Å². The van der Waals surface area contributed by atoms with Gasteiger partial charge in [-0.1, -0.05) is 11.6 Å². The van der Waals surface area contributed by atoms with Crippen LogP contribution in [0.3, 0.4) is 0 Å². The van der Waals surface area contributed by atoms with E-state index in [1.807, 2.05) is 30.9 Å². The standard InChI is InChI=1S/C26H32FN5O2/c1-3-34-25(33)32-17-26(18-32)7-6-20(13-26)16-30-8-10-31(11-9-30)24-22(12-21(27)15-29-24)23-5-4-19(2)14-28-23/h4-5,12,14-16H,3,6-11,13,17-18H2,1-2H3. The lowest BCUT2D eigenvalue weighted by atomic mass is 9.78. The SMILES string of the molecule is CCOC(=O)N1CC2(CCC(=CN3CCN(c4ncc(F)cc4-c4ccc(C)cn4)CC3)C2)C1. The van der Waals surface area contributed by atoms with E-state index in [1.54, 1.807) is 6.20 Å². The first kappa shape index (κ1) is 22.6. The largest absolute Gasteiger partial charge is 0.450 e. The number of piperazine rings is 1. The van der Waals surface area contributed by atoms with Crippen molar-refractivity contribution in [3.63, 3.8) is 0 Å². The number of amides is 1. The second-order valence-corrected chi connectivity index (χ2v) is 9.79. The monoisotopic (exact) mass is 465 g/mol. The average molecular weight is 466 g/mol. The number of anilines is 1.